The van der Waals surface area contributed by atoms with Crippen molar-refractivity contribution in [2.75, 3.05) is 0 Å². The first-order chi connectivity index (χ1) is 11.5. The minimum atomic E-state index is -0.925. The van der Waals surface area contributed by atoms with Crippen LogP contribution in [0.4, 0.5) is 0 Å². The molecule has 1 heteroatoms. The van der Waals surface area contributed by atoms with E-state index < -0.39 is 8.07 Å². The molecule has 0 aliphatic heterocycles. The summed E-state index contributed by atoms with van der Waals surface area (Å²) in [5.74, 6) is 0. The molecule has 126 valence electrons. The van der Waals surface area contributed by atoms with Crippen LogP contribution in [0, 0.1) is 0 Å². The van der Waals surface area contributed by atoms with Gasteiger partial charge < -0.3 is 0 Å². The van der Waals surface area contributed by atoms with E-state index in [2.05, 4.69) is 80.3 Å². The van der Waals surface area contributed by atoms with Crippen molar-refractivity contribution < 1.29 is 0 Å². The van der Waals surface area contributed by atoms with Crippen LogP contribution in [0.5, 0.6) is 0 Å². The molecule has 2 aliphatic carbocycles. The summed E-state index contributed by atoms with van der Waals surface area (Å²) in [7, 11) is -0.925. The Morgan fingerprint density at radius 1 is 0.792 bits per heavy atom. The van der Waals surface area contributed by atoms with Gasteiger partial charge in [-0.05, 0) is 59.9 Å². The number of hydrogen-bond donors (Lipinski definition) is 0. The molecule has 0 bridgehead atoms. The van der Waals surface area contributed by atoms with Gasteiger partial charge in [-0.15, -0.1) is 0 Å². The Bertz CT molecular complexity index is 706. The highest BCUT2D eigenvalue weighted by atomic mass is 28.3. The van der Waals surface area contributed by atoms with E-state index in [9.17, 15) is 0 Å². The van der Waals surface area contributed by atoms with Gasteiger partial charge in [0.05, 0.1) is 0 Å². The molecule has 0 saturated heterocycles. The van der Waals surface area contributed by atoms with Gasteiger partial charge in [0.1, 0.15) is 0 Å². The van der Waals surface area contributed by atoms with Crippen LogP contribution in [0.15, 0.2) is 54.6 Å². The molecule has 1 unspecified atom stereocenters. The summed E-state index contributed by atoms with van der Waals surface area (Å²) in [6.45, 7) is 7.52. The Hall–Kier alpha value is -1.60. The first kappa shape index (κ1) is 17.2. The van der Waals surface area contributed by atoms with Gasteiger partial charge in [0, 0.05) is 8.07 Å². The fourth-order valence-electron chi connectivity index (χ4n) is 3.81. The second-order valence-corrected chi connectivity index (χ2v) is 13.8. The zero-order valence-electron chi connectivity index (χ0n) is 15.4. The largest absolute Gasteiger partial charge is 0.0836 e. The summed E-state index contributed by atoms with van der Waals surface area (Å²) in [5, 5.41) is 0. The summed E-state index contributed by atoms with van der Waals surface area (Å²) < 4.78 is 0. The van der Waals surface area contributed by atoms with E-state index in [0.29, 0.717) is 0 Å². The van der Waals surface area contributed by atoms with Gasteiger partial charge >= 0.3 is 0 Å². The Kier molecular flexibility index (Phi) is 5.40. The van der Waals surface area contributed by atoms with Crippen LogP contribution in [0.2, 0.25) is 25.2 Å². The Balaban J connectivity index is 0.000000149. The molecule has 0 aromatic heterocycles. The van der Waals surface area contributed by atoms with Gasteiger partial charge in [0.15, 0.2) is 0 Å². The van der Waals surface area contributed by atoms with E-state index in [1.807, 2.05) is 0 Å². The predicted octanol–water partition coefficient (Wildman–Crippen LogP) is 6.53. The molecule has 0 radical (unpaired) electrons. The molecule has 0 spiro atoms. The Labute approximate surface area is 148 Å². The highest BCUT2D eigenvalue weighted by Gasteiger charge is 2.29. The van der Waals surface area contributed by atoms with Crippen LogP contribution in [-0.2, 0) is 19.3 Å². The van der Waals surface area contributed by atoms with Gasteiger partial charge in [-0.25, -0.2) is 0 Å². The van der Waals surface area contributed by atoms with E-state index in [1.54, 1.807) is 11.1 Å². The van der Waals surface area contributed by atoms with Crippen molar-refractivity contribution in [3.8, 4) is 0 Å². The average molecular weight is 335 g/mol. The van der Waals surface area contributed by atoms with Crippen LogP contribution >= 0.6 is 0 Å². The zero-order valence-corrected chi connectivity index (χ0v) is 16.4. The molecule has 2 aliphatic rings. The highest BCUT2D eigenvalue weighted by Crippen LogP contribution is 2.36. The summed E-state index contributed by atoms with van der Waals surface area (Å²) in [6.07, 6.45) is 10.9. The SMILES string of the molecule is C1=Cc2ccccc2CC1.C[Si](C)(C)C1CCc2ccccc2C1. The molecular weight excluding hydrogens is 304 g/mol. The lowest BCUT2D eigenvalue weighted by Gasteiger charge is -2.33. The fraction of sp³-hybridized carbons (Fsp3) is 0.391. The van der Waals surface area contributed by atoms with Crippen LogP contribution in [0.1, 0.15) is 35.1 Å². The third-order valence-corrected chi connectivity index (χ3v) is 8.45. The van der Waals surface area contributed by atoms with Crippen LogP contribution in [-0.4, -0.2) is 8.07 Å². The van der Waals surface area contributed by atoms with Crippen molar-refractivity contribution in [3.05, 3.63) is 76.9 Å². The average Bonchev–Trinajstić information content (AvgIpc) is 2.61. The van der Waals surface area contributed by atoms with Gasteiger partial charge in [-0.1, -0.05) is 80.3 Å². The monoisotopic (exact) mass is 334 g/mol. The van der Waals surface area contributed by atoms with Crippen LogP contribution < -0.4 is 0 Å². The maximum absolute atomic E-state index is 2.51. The molecule has 2 aromatic rings. The number of aryl methyl sites for hydroxylation is 2. The van der Waals surface area contributed by atoms with Crippen molar-refractivity contribution in [3.63, 3.8) is 0 Å². The molecule has 4 rings (SSSR count). The summed E-state index contributed by atoms with van der Waals surface area (Å²) in [5.41, 5.74) is 7.10. The lowest BCUT2D eigenvalue weighted by molar-refractivity contribution is 0.662. The summed E-state index contributed by atoms with van der Waals surface area (Å²) in [6, 6.07) is 17.6. The molecule has 1 atom stereocenters. The van der Waals surface area contributed by atoms with Gasteiger partial charge in [-0.3, -0.25) is 0 Å². The third-order valence-electron chi connectivity index (χ3n) is 5.50. The first-order valence-corrected chi connectivity index (χ1v) is 12.9. The highest BCUT2D eigenvalue weighted by molar-refractivity contribution is 6.77. The van der Waals surface area contributed by atoms with E-state index in [0.717, 1.165) is 5.54 Å². The lowest BCUT2D eigenvalue weighted by Crippen LogP contribution is -2.32. The number of benzene rings is 2. The van der Waals surface area contributed by atoms with Crippen molar-refractivity contribution in [2.45, 2.75) is 57.3 Å². The fourth-order valence-corrected chi connectivity index (χ4v) is 5.65. The molecule has 0 heterocycles. The second-order valence-electron chi connectivity index (χ2n) is 8.21. The maximum Gasteiger partial charge on any atom is 0.0477 e. The summed E-state index contributed by atoms with van der Waals surface area (Å²) in [4.78, 5) is 0. The first-order valence-electron chi connectivity index (χ1n) is 9.35. The van der Waals surface area contributed by atoms with Crippen LogP contribution in [0.3, 0.4) is 0 Å². The number of rotatable bonds is 1. The van der Waals surface area contributed by atoms with Gasteiger partial charge in [0.2, 0.25) is 0 Å². The summed E-state index contributed by atoms with van der Waals surface area (Å²) >= 11 is 0. The van der Waals surface area contributed by atoms with Gasteiger partial charge in [0.25, 0.3) is 0 Å². The Morgan fingerprint density at radius 2 is 1.46 bits per heavy atom. The van der Waals surface area contributed by atoms with Crippen molar-refractivity contribution in [2.24, 2.45) is 0 Å². The maximum atomic E-state index is 2.51. The molecule has 0 nitrogen and oxygen atoms in total. The lowest BCUT2D eigenvalue weighted by atomic mass is 9.91. The predicted molar refractivity (Wildman–Crippen MR) is 109 cm³/mol. The third kappa shape index (κ3) is 4.27. The van der Waals surface area contributed by atoms with Crippen molar-refractivity contribution >= 4 is 14.1 Å². The molecule has 0 amide bonds. The van der Waals surface area contributed by atoms with E-state index >= 15 is 0 Å². The van der Waals surface area contributed by atoms with E-state index in [1.165, 1.54) is 43.2 Å². The molecule has 0 saturated carbocycles. The topological polar surface area (TPSA) is 0 Å². The number of hydrogen-bond acceptors (Lipinski definition) is 0. The molecule has 0 fully saturated rings. The Morgan fingerprint density at radius 3 is 2.17 bits per heavy atom. The quantitative estimate of drug-likeness (QED) is 0.520. The molecule has 2 aromatic carbocycles. The van der Waals surface area contributed by atoms with E-state index in [4.69, 9.17) is 0 Å². The number of allylic oxidation sites excluding steroid dienone is 1. The van der Waals surface area contributed by atoms with Crippen molar-refractivity contribution in [1.82, 2.24) is 0 Å². The number of fused-ring (bicyclic) bond motifs is 2. The standard InChI is InChI=1S/C13H20Si.C10H10/c1-14(2,3)13-9-8-11-6-4-5-7-12(11)10-13;1-2-6-10-8-4-3-7-9(10)5-1/h4-7,13H,8-10H2,1-3H3;1-3,5-7H,4,8H2. The van der Waals surface area contributed by atoms with Crippen LogP contribution in [0.25, 0.3) is 6.08 Å². The second kappa shape index (κ2) is 7.52. The molecule has 24 heavy (non-hydrogen) atoms. The zero-order chi connectivity index (χ0) is 17.0. The molecule has 0 N–H and O–H groups in total. The van der Waals surface area contributed by atoms with Crippen molar-refractivity contribution in [1.29, 1.82) is 0 Å². The normalized spacial score (nSPS) is 18.9. The minimum Gasteiger partial charge on any atom is -0.0836 e. The minimum absolute atomic E-state index is 0.925. The van der Waals surface area contributed by atoms with Gasteiger partial charge in [-0.2, -0.15) is 0 Å². The smallest absolute Gasteiger partial charge is 0.0477 e. The molecular formula is C23H30Si. The van der Waals surface area contributed by atoms with E-state index in [-0.39, 0.29) is 0 Å².